The van der Waals surface area contributed by atoms with Crippen LogP contribution in [0.4, 0.5) is 23.7 Å². The van der Waals surface area contributed by atoms with Crippen molar-refractivity contribution in [3.05, 3.63) is 58.9 Å². The van der Waals surface area contributed by atoms with Crippen molar-refractivity contribution in [3.63, 3.8) is 0 Å². The number of carbonyl (C=O) groups is 1. The number of anilines is 1. The summed E-state index contributed by atoms with van der Waals surface area (Å²) in [5.74, 6) is 0. The average Bonchev–Trinajstić information content (AvgIpc) is 2.48. The molecular weight excluding hydrogens is 333 g/mol. The minimum absolute atomic E-state index is 0.0202. The molecule has 4 nitrogen and oxygen atoms in total. The molecule has 0 radical (unpaired) electrons. The van der Waals surface area contributed by atoms with Crippen LogP contribution in [-0.2, 0) is 16.8 Å². The van der Waals surface area contributed by atoms with Gasteiger partial charge in [-0.1, -0.05) is 17.7 Å². The second kappa shape index (κ2) is 5.42. The molecule has 23 heavy (non-hydrogen) atoms. The lowest BCUT2D eigenvalue weighted by Gasteiger charge is -2.39. The molecule has 8 heteroatoms. The van der Waals surface area contributed by atoms with Gasteiger partial charge in [0, 0.05) is 29.4 Å². The first-order valence-electron chi connectivity index (χ1n) is 6.57. The number of nitrogens with zero attached hydrogens (tertiary/aromatic N) is 1. The Morgan fingerprint density at radius 3 is 2.74 bits per heavy atom. The van der Waals surface area contributed by atoms with Crippen molar-refractivity contribution in [2.45, 2.75) is 18.2 Å². The maximum atomic E-state index is 13.9. The van der Waals surface area contributed by atoms with E-state index in [1.807, 2.05) is 0 Å². The van der Waals surface area contributed by atoms with Gasteiger partial charge in [0.2, 0.25) is 5.60 Å². The van der Waals surface area contributed by atoms with E-state index < -0.39 is 24.3 Å². The van der Waals surface area contributed by atoms with E-state index in [2.05, 4.69) is 10.3 Å². The summed E-state index contributed by atoms with van der Waals surface area (Å²) in [5.41, 5.74) is -2.75. The zero-order valence-corrected chi connectivity index (χ0v) is 12.3. The van der Waals surface area contributed by atoms with Gasteiger partial charge in [-0.3, -0.25) is 10.3 Å². The fourth-order valence-corrected chi connectivity index (χ4v) is 2.71. The summed E-state index contributed by atoms with van der Waals surface area (Å²) < 4.78 is 46.5. The van der Waals surface area contributed by atoms with E-state index in [-0.39, 0.29) is 21.8 Å². The molecule has 2 heterocycles. The van der Waals surface area contributed by atoms with Crippen LogP contribution in [0.2, 0.25) is 5.02 Å². The van der Waals surface area contributed by atoms with E-state index in [9.17, 15) is 18.0 Å². The van der Waals surface area contributed by atoms with Gasteiger partial charge in [0.1, 0.15) is 0 Å². The smallest absolute Gasteiger partial charge is 0.428 e. The molecule has 1 aromatic heterocycles. The fourth-order valence-electron chi connectivity index (χ4n) is 2.54. The molecule has 3 rings (SSSR count). The van der Waals surface area contributed by atoms with Gasteiger partial charge < -0.3 is 4.74 Å². The number of halogens is 4. The molecule has 1 aliphatic rings. The highest BCUT2D eigenvalue weighted by Gasteiger charge is 2.62. The molecule has 0 aliphatic carbocycles. The fraction of sp³-hybridized carbons (Fsp3) is 0.200. The number of pyridine rings is 1. The molecule has 1 N–H and O–H groups in total. The van der Waals surface area contributed by atoms with Gasteiger partial charge in [0.15, 0.2) is 0 Å². The van der Waals surface area contributed by atoms with Gasteiger partial charge in [-0.2, -0.15) is 13.2 Å². The Morgan fingerprint density at radius 2 is 2.09 bits per heavy atom. The lowest BCUT2D eigenvalue weighted by atomic mass is 9.84. The van der Waals surface area contributed by atoms with E-state index in [4.69, 9.17) is 16.3 Å². The molecule has 0 fully saturated rings. The monoisotopic (exact) mass is 342 g/mol. The first kappa shape index (κ1) is 15.6. The third-order valence-electron chi connectivity index (χ3n) is 3.55. The predicted molar refractivity (Wildman–Crippen MR) is 77.2 cm³/mol. The number of cyclic esters (lactones) is 1. The Bertz CT molecular complexity index is 752. The van der Waals surface area contributed by atoms with Crippen LogP contribution in [0.25, 0.3) is 0 Å². The summed E-state index contributed by atoms with van der Waals surface area (Å²) in [4.78, 5) is 15.5. The van der Waals surface area contributed by atoms with Gasteiger partial charge in [-0.15, -0.1) is 0 Å². The number of amides is 1. The number of hydrogen-bond donors (Lipinski definition) is 1. The number of hydrogen-bond acceptors (Lipinski definition) is 3. The third-order valence-corrected chi connectivity index (χ3v) is 3.79. The number of aromatic nitrogens is 1. The number of rotatable bonds is 2. The largest absolute Gasteiger partial charge is 0.433 e. The zero-order valence-electron chi connectivity index (χ0n) is 11.5. The number of nitrogens with one attached hydrogen (secondary N) is 1. The highest BCUT2D eigenvalue weighted by molar-refractivity contribution is 6.30. The Balaban J connectivity index is 2.20. The molecule has 0 saturated heterocycles. The second-order valence-corrected chi connectivity index (χ2v) is 5.50. The normalized spacial score (nSPS) is 20.4. The molecule has 1 aromatic carbocycles. The van der Waals surface area contributed by atoms with Gasteiger partial charge in [-0.25, -0.2) is 4.79 Å². The van der Waals surface area contributed by atoms with Crippen LogP contribution < -0.4 is 5.32 Å². The maximum absolute atomic E-state index is 13.9. The van der Waals surface area contributed by atoms with Gasteiger partial charge in [0.05, 0.1) is 5.69 Å². The second-order valence-electron chi connectivity index (χ2n) is 5.07. The predicted octanol–water partition coefficient (Wildman–Crippen LogP) is 4.30. The van der Waals surface area contributed by atoms with Crippen LogP contribution in [-0.4, -0.2) is 17.3 Å². The Labute approximate surface area is 134 Å². The third kappa shape index (κ3) is 2.72. The molecule has 1 aliphatic heterocycles. The SMILES string of the molecule is O=C1Nc2ccc(Cl)cc2C(Cc2cccnc2)(C(F)(F)F)O1. The average molecular weight is 343 g/mol. The Morgan fingerprint density at radius 1 is 1.30 bits per heavy atom. The topological polar surface area (TPSA) is 51.2 Å². The Hall–Kier alpha value is -2.28. The summed E-state index contributed by atoms with van der Waals surface area (Å²) in [5, 5.41) is 2.38. The van der Waals surface area contributed by atoms with Gasteiger partial charge >= 0.3 is 12.3 Å². The van der Waals surface area contributed by atoms with Gasteiger partial charge in [-0.05, 0) is 29.8 Å². The van der Waals surface area contributed by atoms with Crippen molar-refractivity contribution >= 4 is 23.4 Å². The van der Waals surface area contributed by atoms with Crippen molar-refractivity contribution in [2.75, 3.05) is 5.32 Å². The van der Waals surface area contributed by atoms with E-state index in [1.54, 1.807) is 0 Å². The zero-order chi connectivity index (χ0) is 16.7. The molecule has 0 saturated carbocycles. The minimum atomic E-state index is -4.83. The van der Waals surface area contributed by atoms with E-state index in [0.29, 0.717) is 0 Å². The Kier molecular flexibility index (Phi) is 3.68. The van der Waals surface area contributed by atoms with E-state index >= 15 is 0 Å². The van der Waals surface area contributed by atoms with Crippen molar-refractivity contribution in [2.24, 2.45) is 0 Å². The van der Waals surface area contributed by atoms with Crippen LogP contribution >= 0.6 is 11.6 Å². The molecule has 0 spiro atoms. The highest BCUT2D eigenvalue weighted by Crippen LogP contribution is 2.49. The van der Waals surface area contributed by atoms with Crippen molar-refractivity contribution in [1.82, 2.24) is 4.98 Å². The molecule has 120 valence electrons. The molecule has 1 atom stereocenters. The van der Waals surface area contributed by atoms with Crippen molar-refractivity contribution < 1.29 is 22.7 Å². The first-order chi connectivity index (χ1) is 10.8. The van der Waals surface area contributed by atoms with Crippen LogP contribution in [0.5, 0.6) is 0 Å². The summed E-state index contributed by atoms with van der Waals surface area (Å²) in [6.07, 6.45) is -3.84. The van der Waals surface area contributed by atoms with Crippen LogP contribution in [0, 0.1) is 0 Å². The molecular formula is C15H10ClF3N2O2. The summed E-state index contributed by atoms with van der Waals surface area (Å²) in [7, 11) is 0. The summed E-state index contributed by atoms with van der Waals surface area (Å²) in [6, 6.07) is 6.88. The summed E-state index contributed by atoms with van der Waals surface area (Å²) in [6.45, 7) is 0. The first-order valence-corrected chi connectivity index (χ1v) is 6.95. The molecule has 0 bridgehead atoms. The molecule has 1 amide bonds. The molecule has 1 unspecified atom stereocenters. The lowest BCUT2D eigenvalue weighted by molar-refractivity contribution is -0.264. The quantitative estimate of drug-likeness (QED) is 0.885. The van der Waals surface area contributed by atoms with Crippen molar-refractivity contribution in [3.8, 4) is 0 Å². The van der Waals surface area contributed by atoms with Crippen LogP contribution in [0.15, 0.2) is 42.7 Å². The number of fused-ring (bicyclic) bond motifs is 1. The van der Waals surface area contributed by atoms with E-state index in [1.165, 1.54) is 36.7 Å². The lowest BCUT2D eigenvalue weighted by Crippen LogP contribution is -2.51. The molecule has 2 aromatic rings. The van der Waals surface area contributed by atoms with Gasteiger partial charge in [0.25, 0.3) is 0 Å². The van der Waals surface area contributed by atoms with Crippen LogP contribution in [0.1, 0.15) is 11.1 Å². The highest BCUT2D eigenvalue weighted by atomic mass is 35.5. The summed E-state index contributed by atoms with van der Waals surface area (Å²) >= 11 is 5.85. The number of carbonyl (C=O) groups excluding carboxylic acids is 1. The number of ether oxygens (including phenoxy) is 1. The standard InChI is InChI=1S/C15H10ClF3N2O2/c16-10-3-4-12-11(6-10)14(15(17,18)19,23-13(22)21-12)7-9-2-1-5-20-8-9/h1-6,8H,7H2,(H,21,22). The van der Waals surface area contributed by atoms with Crippen LogP contribution in [0.3, 0.4) is 0 Å². The number of alkyl halides is 3. The van der Waals surface area contributed by atoms with E-state index in [0.717, 1.165) is 6.07 Å². The maximum Gasteiger partial charge on any atom is 0.433 e. The van der Waals surface area contributed by atoms with Crippen molar-refractivity contribution in [1.29, 1.82) is 0 Å². The minimum Gasteiger partial charge on any atom is -0.428 e. The number of benzene rings is 1.